The molecule has 0 bridgehead atoms. The standard InChI is InChI=1S/C33H31N3O4S/c1-36(2)27-16-12-23(13-17-27)20-30(35-32(38)24-8-5-4-6-9-24)33(39)34-26-14-18-29(19-15-26)41-22-31(37)25-10-7-11-28(21-25)40-3/h4-21H,22H2,1-3H3,(H,34,39)(H,35,38)/b30-20-. The number of rotatable bonds is 11. The Morgan fingerprint density at radius 2 is 1.51 bits per heavy atom. The van der Waals surface area contributed by atoms with Crippen LogP contribution in [0.3, 0.4) is 0 Å². The minimum Gasteiger partial charge on any atom is -0.497 e. The molecule has 4 aromatic carbocycles. The highest BCUT2D eigenvalue weighted by atomic mass is 32.2. The molecule has 4 rings (SSSR count). The Kier molecular flexibility index (Phi) is 9.96. The summed E-state index contributed by atoms with van der Waals surface area (Å²) in [6.45, 7) is 0. The molecule has 8 heteroatoms. The first kappa shape index (κ1) is 29.2. The van der Waals surface area contributed by atoms with Gasteiger partial charge in [-0.3, -0.25) is 14.4 Å². The van der Waals surface area contributed by atoms with Crippen molar-refractivity contribution in [3.63, 3.8) is 0 Å². The lowest BCUT2D eigenvalue weighted by Gasteiger charge is -2.13. The molecule has 0 aromatic heterocycles. The van der Waals surface area contributed by atoms with Crippen LogP contribution in [-0.2, 0) is 4.79 Å². The molecular weight excluding hydrogens is 534 g/mol. The van der Waals surface area contributed by atoms with Gasteiger partial charge in [-0.25, -0.2) is 0 Å². The van der Waals surface area contributed by atoms with Crippen LogP contribution in [0.15, 0.2) is 114 Å². The van der Waals surface area contributed by atoms with Crippen LogP contribution in [0.4, 0.5) is 11.4 Å². The largest absolute Gasteiger partial charge is 0.497 e. The van der Waals surface area contributed by atoms with Gasteiger partial charge in [0.1, 0.15) is 11.4 Å². The van der Waals surface area contributed by atoms with E-state index in [9.17, 15) is 14.4 Å². The molecule has 4 aromatic rings. The number of methoxy groups -OCH3 is 1. The topological polar surface area (TPSA) is 87.7 Å². The van der Waals surface area contributed by atoms with Crippen LogP contribution in [0.1, 0.15) is 26.3 Å². The summed E-state index contributed by atoms with van der Waals surface area (Å²) in [5.41, 5.74) is 3.49. The van der Waals surface area contributed by atoms with Crippen molar-refractivity contribution < 1.29 is 19.1 Å². The quantitative estimate of drug-likeness (QED) is 0.129. The van der Waals surface area contributed by atoms with Crippen LogP contribution in [-0.4, -0.2) is 44.6 Å². The molecule has 0 spiro atoms. The molecule has 0 atom stereocenters. The first-order chi connectivity index (χ1) is 19.8. The number of hydrogen-bond acceptors (Lipinski definition) is 6. The Bertz CT molecular complexity index is 1530. The molecule has 0 fully saturated rings. The zero-order valence-corrected chi connectivity index (χ0v) is 23.9. The normalized spacial score (nSPS) is 11.0. The summed E-state index contributed by atoms with van der Waals surface area (Å²) in [7, 11) is 5.47. The molecule has 0 aliphatic carbocycles. The van der Waals surface area contributed by atoms with Crippen molar-refractivity contribution in [3.05, 3.63) is 126 Å². The fraction of sp³-hybridized carbons (Fsp3) is 0.121. The SMILES string of the molecule is COc1cccc(C(=O)CSc2ccc(NC(=O)/C(=C/c3ccc(N(C)C)cc3)NC(=O)c3ccccc3)cc2)c1. The second-order valence-electron chi connectivity index (χ2n) is 9.29. The highest BCUT2D eigenvalue weighted by Gasteiger charge is 2.15. The number of hydrogen-bond donors (Lipinski definition) is 2. The summed E-state index contributed by atoms with van der Waals surface area (Å²) in [4.78, 5) is 41.6. The number of thioether (sulfide) groups is 1. The van der Waals surface area contributed by atoms with Crippen molar-refractivity contribution in [1.29, 1.82) is 0 Å². The molecule has 0 saturated heterocycles. The average Bonchev–Trinajstić information content (AvgIpc) is 3.00. The highest BCUT2D eigenvalue weighted by Crippen LogP contribution is 2.23. The van der Waals surface area contributed by atoms with E-state index in [0.29, 0.717) is 22.6 Å². The maximum atomic E-state index is 13.3. The molecule has 2 N–H and O–H groups in total. The lowest BCUT2D eigenvalue weighted by molar-refractivity contribution is -0.113. The minimum absolute atomic E-state index is 0.00571. The summed E-state index contributed by atoms with van der Waals surface area (Å²) < 4.78 is 5.20. The van der Waals surface area contributed by atoms with E-state index in [1.165, 1.54) is 11.8 Å². The first-order valence-corrected chi connectivity index (χ1v) is 13.9. The Labute approximate surface area is 244 Å². The van der Waals surface area contributed by atoms with Gasteiger partial charge in [0, 0.05) is 41.5 Å². The molecule has 2 amide bonds. The van der Waals surface area contributed by atoms with Crippen molar-refractivity contribution in [2.24, 2.45) is 0 Å². The van der Waals surface area contributed by atoms with Gasteiger partial charge in [0.05, 0.1) is 12.9 Å². The fourth-order valence-corrected chi connectivity index (χ4v) is 4.63. The zero-order valence-electron chi connectivity index (χ0n) is 23.1. The van der Waals surface area contributed by atoms with Gasteiger partial charge in [-0.1, -0.05) is 42.5 Å². The predicted molar refractivity (Wildman–Crippen MR) is 166 cm³/mol. The molecule has 0 unspecified atom stereocenters. The van der Waals surface area contributed by atoms with Crippen LogP contribution in [0.5, 0.6) is 5.75 Å². The maximum absolute atomic E-state index is 13.3. The molecule has 208 valence electrons. The number of carbonyl (C=O) groups excluding carboxylic acids is 3. The van der Waals surface area contributed by atoms with Gasteiger partial charge in [-0.05, 0) is 72.3 Å². The van der Waals surface area contributed by atoms with Crippen LogP contribution < -0.4 is 20.3 Å². The van der Waals surface area contributed by atoms with Gasteiger partial charge >= 0.3 is 0 Å². The summed E-state index contributed by atoms with van der Waals surface area (Å²) in [6.07, 6.45) is 1.64. The summed E-state index contributed by atoms with van der Waals surface area (Å²) in [5.74, 6) is 0.0573. The third-order valence-electron chi connectivity index (χ3n) is 6.12. The number of nitrogens with one attached hydrogen (secondary N) is 2. The number of anilines is 2. The highest BCUT2D eigenvalue weighted by molar-refractivity contribution is 8.00. The van der Waals surface area contributed by atoms with Crippen LogP contribution >= 0.6 is 11.8 Å². The van der Waals surface area contributed by atoms with E-state index in [1.54, 1.807) is 73.8 Å². The van der Waals surface area contributed by atoms with Gasteiger partial charge < -0.3 is 20.3 Å². The van der Waals surface area contributed by atoms with Crippen molar-refractivity contribution in [2.45, 2.75) is 4.90 Å². The fourth-order valence-electron chi connectivity index (χ4n) is 3.84. The van der Waals surface area contributed by atoms with Crippen molar-refractivity contribution >= 4 is 46.8 Å². The summed E-state index contributed by atoms with van der Waals surface area (Å²) >= 11 is 1.41. The molecule has 41 heavy (non-hydrogen) atoms. The second kappa shape index (κ2) is 14.0. The molecule has 0 aliphatic rings. The van der Waals surface area contributed by atoms with Crippen molar-refractivity contribution in [1.82, 2.24) is 5.32 Å². The van der Waals surface area contributed by atoms with E-state index < -0.39 is 5.91 Å². The van der Waals surface area contributed by atoms with E-state index in [-0.39, 0.29) is 23.1 Å². The number of ketones is 1. The van der Waals surface area contributed by atoms with Gasteiger partial charge in [0.15, 0.2) is 5.78 Å². The number of Topliss-reactive ketones (excluding diaryl/α,β-unsaturated/α-hetero) is 1. The molecule has 0 aliphatic heterocycles. The lowest BCUT2D eigenvalue weighted by Crippen LogP contribution is -2.30. The van der Waals surface area contributed by atoms with E-state index in [2.05, 4.69) is 10.6 Å². The predicted octanol–water partition coefficient (Wildman–Crippen LogP) is 6.15. The van der Waals surface area contributed by atoms with Crippen LogP contribution in [0.25, 0.3) is 6.08 Å². The van der Waals surface area contributed by atoms with Gasteiger partial charge in [0.25, 0.3) is 11.8 Å². The Morgan fingerprint density at radius 1 is 0.829 bits per heavy atom. The first-order valence-electron chi connectivity index (χ1n) is 12.9. The molecule has 0 heterocycles. The maximum Gasteiger partial charge on any atom is 0.272 e. The number of carbonyl (C=O) groups is 3. The molecule has 7 nitrogen and oxygen atoms in total. The average molecular weight is 566 g/mol. The van der Waals surface area contributed by atoms with E-state index in [4.69, 9.17) is 4.74 Å². The van der Waals surface area contributed by atoms with E-state index in [0.717, 1.165) is 16.1 Å². The molecule has 0 saturated carbocycles. The van der Waals surface area contributed by atoms with E-state index >= 15 is 0 Å². The summed E-state index contributed by atoms with van der Waals surface area (Å²) in [5, 5.41) is 5.62. The number of ether oxygens (including phenoxy) is 1. The van der Waals surface area contributed by atoms with Crippen LogP contribution in [0, 0.1) is 0 Å². The van der Waals surface area contributed by atoms with Gasteiger partial charge in [-0.2, -0.15) is 0 Å². The number of nitrogens with zero attached hydrogens (tertiary/aromatic N) is 1. The Hall–Kier alpha value is -4.82. The Balaban J connectivity index is 1.45. The lowest BCUT2D eigenvalue weighted by atomic mass is 10.1. The minimum atomic E-state index is -0.459. The van der Waals surface area contributed by atoms with Crippen molar-refractivity contribution in [3.8, 4) is 5.75 Å². The zero-order chi connectivity index (χ0) is 29.2. The monoisotopic (exact) mass is 565 g/mol. The summed E-state index contributed by atoms with van der Waals surface area (Å²) in [6, 6.07) is 30.7. The van der Waals surface area contributed by atoms with Gasteiger partial charge in [-0.15, -0.1) is 11.8 Å². The van der Waals surface area contributed by atoms with Gasteiger partial charge in [0.2, 0.25) is 0 Å². The van der Waals surface area contributed by atoms with E-state index in [1.807, 2.05) is 61.5 Å². The number of amides is 2. The third kappa shape index (κ3) is 8.33. The third-order valence-corrected chi connectivity index (χ3v) is 7.14. The molecular formula is C33H31N3O4S. The second-order valence-corrected chi connectivity index (χ2v) is 10.3. The molecule has 0 radical (unpaired) electrons. The number of benzene rings is 4. The smallest absolute Gasteiger partial charge is 0.272 e. The van der Waals surface area contributed by atoms with Crippen molar-refractivity contribution in [2.75, 3.05) is 37.2 Å². The Morgan fingerprint density at radius 3 is 2.17 bits per heavy atom. The van der Waals surface area contributed by atoms with Crippen LogP contribution in [0.2, 0.25) is 0 Å².